The van der Waals surface area contributed by atoms with Crippen LogP contribution in [0, 0.1) is 5.92 Å². The standard InChI is InChI=1S/C23H43F3N6O4S/c1-37(33,34)19-7-5-17(6-8-19)27-20-29-21(31-22(30-20)36-15-23(24,25)26)28-18-4-2-3-16(13-18)14-32-9-11-35-12-10-32/h16-22,27-31H,2-15H2,1H3. The smallest absolute Gasteiger partial charge is 0.411 e. The molecule has 4 rings (SSSR count). The first-order chi connectivity index (χ1) is 17.5. The minimum Gasteiger partial charge on any atom is -0.615 e. The van der Waals surface area contributed by atoms with Crippen LogP contribution in [0.1, 0.15) is 51.4 Å². The Bertz CT molecular complexity index is 748. The van der Waals surface area contributed by atoms with Crippen LogP contribution >= 0.6 is 0 Å². The Kier molecular flexibility index (Phi) is 10.6. The number of sulfone groups is 1. The highest BCUT2D eigenvalue weighted by molar-refractivity contribution is 7.97. The third kappa shape index (κ3) is 9.92. The highest BCUT2D eigenvalue weighted by Crippen LogP contribution is 2.27. The lowest BCUT2D eigenvalue weighted by Gasteiger charge is -2.43. The highest BCUT2D eigenvalue weighted by Gasteiger charge is 2.36. The lowest BCUT2D eigenvalue weighted by Crippen LogP contribution is -2.76. The van der Waals surface area contributed by atoms with E-state index in [0.29, 0.717) is 31.6 Å². The van der Waals surface area contributed by atoms with Gasteiger partial charge in [0.15, 0.2) is 6.35 Å². The summed E-state index contributed by atoms with van der Waals surface area (Å²) >= 11 is 0. The predicted molar refractivity (Wildman–Crippen MR) is 133 cm³/mol. The maximum absolute atomic E-state index is 12.8. The molecule has 0 aromatic rings. The second-order valence-electron chi connectivity index (χ2n) is 11.0. The minimum atomic E-state index is -4.43. The SMILES string of the molecule is C[S+](=O)([O-])C1CCC(NC2NC(NC3CCCC(CN4CCOCC4)C3)NC(OCC(F)(F)F)N2)CC1. The van der Waals surface area contributed by atoms with E-state index < -0.39 is 41.9 Å². The molecule has 2 aliphatic heterocycles. The fourth-order valence-electron chi connectivity index (χ4n) is 5.97. The molecule has 37 heavy (non-hydrogen) atoms. The summed E-state index contributed by atoms with van der Waals surface area (Å²) in [6, 6.07) is 0.287. The second kappa shape index (κ2) is 13.3. The molecule has 0 amide bonds. The predicted octanol–water partition coefficient (Wildman–Crippen LogP) is 0.840. The molecule has 0 aromatic heterocycles. The molecule has 6 atom stereocenters. The van der Waals surface area contributed by atoms with Crippen molar-refractivity contribution in [1.29, 1.82) is 0 Å². The molecule has 4 fully saturated rings. The van der Waals surface area contributed by atoms with Crippen molar-refractivity contribution in [3.05, 3.63) is 0 Å². The molecule has 10 nitrogen and oxygen atoms in total. The summed E-state index contributed by atoms with van der Waals surface area (Å²) in [5, 5.41) is 16.1. The molecule has 6 unspecified atom stereocenters. The van der Waals surface area contributed by atoms with Crippen LogP contribution in [0.3, 0.4) is 0 Å². The van der Waals surface area contributed by atoms with E-state index in [1.54, 1.807) is 0 Å². The van der Waals surface area contributed by atoms with Crippen molar-refractivity contribution in [2.24, 2.45) is 5.92 Å². The number of nitrogens with zero attached hydrogens (tertiary/aromatic N) is 1. The third-order valence-corrected chi connectivity index (χ3v) is 9.55. The zero-order valence-electron chi connectivity index (χ0n) is 21.6. The summed E-state index contributed by atoms with van der Waals surface area (Å²) in [4.78, 5) is 2.46. The van der Waals surface area contributed by atoms with E-state index in [1.165, 1.54) is 12.7 Å². The third-order valence-electron chi connectivity index (χ3n) is 7.87. The van der Waals surface area contributed by atoms with Gasteiger partial charge in [-0.3, -0.25) is 31.5 Å². The average molecular weight is 557 g/mol. The zero-order valence-corrected chi connectivity index (χ0v) is 22.4. The summed E-state index contributed by atoms with van der Waals surface area (Å²) in [5.74, 6) is 0.572. The normalized spacial score (nSPS) is 38.2. The molecular formula is C23H43F3N6O4S. The van der Waals surface area contributed by atoms with Crippen molar-refractivity contribution < 1.29 is 31.4 Å². The maximum Gasteiger partial charge on any atom is 0.411 e. The largest absolute Gasteiger partial charge is 0.615 e. The van der Waals surface area contributed by atoms with Gasteiger partial charge in [-0.2, -0.15) is 13.2 Å². The first-order valence-electron chi connectivity index (χ1n) is 13.5. The average Bonchev–Trinajstić information content (AvgIpc) is 2.83. The van der Waals surface area contributed by atoms with Gasteiger partial charge in [0.05, 0.1) is 19.5 Å². The number of hydrogen-bond donors (Lipinski definition) is 5. The number of halogens is 3. The summed E-state index contributed by atoms with van der Waals surface area (Å²) < 4.78 is 72.8. The molecule has 0 aromatic carbocycles. The van der Waals surface area contributed by atoms with Crippen molar-refractivity contribution in [2.45, 2.75) is 93.8 Å². The van der Waals surface area contributed by atoms with Gasteiger partial charge >= 0.3 is 6.18 Å². The lowest BCUT2D eigenvalue weighted by molar-refractivity contribution is -0.199. The molecule has 2 saturated carbocycles. The Hall–Kier alpha value is -0.420. The van der Waals surface area contributed by atoms with E-state index in [1.807, 2.05) is 0 Å². The van der Waals surface area contributed by atoms with Gasteiger partial charge in [-0.15, -0.1) is 4.21 Å². The molecule has 2 saturated heterocycles. The number of rotatable bonds is 9. The fourth-order valence-corrected chi connectivity index (χ4v) is 7.09. The number of nitrogens with one attached hydrogen (secondary N) is 5. The fraction of sp³-hybridized carbons (Fsp3) is 1.00. The van der Waals surface area contributed by atoms with Crippen LogP contribution in [-0.2, 0) is 23.9 Å². The van der Waals surface area contributed by atoms with Crippen LogP contribution in [0.4, 0.5) is 13.2 Å². The Labute approximate surface area is 218 Å². The van der Waals surface area contributed by atoms with E-state index in [9.17, 15) is 21.9 Å². The van der Waals surface area contributed by atoms with Crippen molar-refractivity contribution in [2.75, 3.05) is 45.7 Å². The number of hydrogen-bond acceptors (Lipinski definition) is 10. The van der Waals surface area contributed by atoms with E-state index in [-0.39, 0.29) is 17.3 Å². The molecule has 0 radical (unpaired) electrons. The van der Waals surface area contributed by atoms with Gasteiger partial charge in [0.25, 0.3) is 0 Å². The summed E-state index contributed by atoms with van der Waals surface area (Å²) in [6.07, 6.45) is 1.72. The van der Waals surface area contributed by atoms with Crippen molar-refractivity contribution in [3.8, 4) is 0 Å². The minimum absolute atomic E-state index is 0.0533. The van der Waals surface area contributed by atoms with Crippen LogP contribution in [0.15, 0.2) is 0 Å². The van der Waals surface area contributed by atoms with Crippen LogP contribution in [0.2, 0.25) is 0 Å². The number of alkyl halides is 3. The van der Waals surface area contributed by atoms with Crippen molar-refractivity contribution in [3.63, 3.8) is 0 Å². The Balaban J connectivity index is 1.30. The van der Waals surface area contributed by atoms with Gasteiger partial charge in [-0.25, -0.2) is 0 Å². The molecule has 4 aliphatic rings. The molecule has 0 bridgehead atoms. The molecule has 0 spiro atoms. The highest BCUT2D eigenvalue weighted by atomic mass is 32.3. The monoisotopic (exact) mass is 556 g/mol. The van der Waals surface area contributed by atoms with Crippen LogP contribution < -0.4 is 26.6 Å². The summed E-state index contributed by atoms with van der Waals surface area (Å²) in [6.45, 7) is 3.17. The molecular weight excluding hydrogens is 513 g/mol. The van der Waals surface area contributed by atoms with E-state index in [2.05, 4.69) is 31.5 Å². The summed E-state index contributed by atoms with van der Waals surface area (Å²) in [7, 11) is -3.07. The first kappa shape index (κ1) is 29.6. The number of morpholine rings is 1. The number of ether oxygens (including phenoxy) is 2. The molecule has 216 valence electrons. The van der Waals surface area contributed by atoms with Crippen LogP contribution in [0.25, 0.3) is 0 Å². The summed E-state index contributed by atoms with van der Waals surface area (Å²) in [5.41, 5.74) is 0. The Morgan fingerprint density at radius 2 is 1.65 bits per heavy atom. The van der Waals surface area contributed by atoms with Gasteiger partial charge < -0.3 is 14.0 Å². The quantitative estimate of drug-likeness (QED) is 0.261. The lowest BCUT2D eigenvalue weighted by atomic mass is 9.85. The first-order valence-corrected chi connectivity index (χ1v) is 15.5. The van der Waals surface area contributed by atoms with Crippen molar-refractivity contribution in [1.82, 2.24) is 31.5 Å². The van der Waals surface area contributed by atoms with E-state index in [4.69, 9.17) is 9.47 Å². The van der Waals surface area contributed by atoms with Gasteiger partial charge in [-0.05, 0) is 50.9 Å². The van der Waals surface area contributed by atoms with Crippen LogP contribution in [0.5, 0.6) is 0 Å². The van der Waals surface area contributed by atoms with Gasteiger partial charge in [0.1, 0.15) is 24.4 Å². The Morgan fingerprint density at radius 3 is 2.27 bits per heavy atom. The van der Waals surface area contributed by atoms with Gasteiger partial charge in [0, 0.05) is 41.9 Å². The Morgan fingerprint density at radius 1 is 1.00 bits per heavy atom. The molecule has 5 N–H and O–H groups in total. The molecule has 14 heteroatoms. The van der Waals surface area contributed by atoms with Gasteiger partial charge in [0.2, 0.25) is 0 Å². The zero-order chi connectivity index (χ0) is 26.5. The molecule has 2 heterocycles. The maximum atomic E-state index is 12.8. The van der Waals surface area contributed by atoms with E-state index >= 15 is 0 Å². The van der Waals surface area contributed by atoms with E-state index in [0.717, 1.165) is 52.1 Å². The molecule has 2 aliphatic carbocycles. The second-order valence-corrected chi connectivity index (χ2v) is 13.3. The van der Waals surface area contributed by atoms with Gasteiger partial charge in [-0.1, -0.05) is 6.42 Å². The topological polar surface area (TPSA) is 122 Å². The van der Waals surface area contributed by atoms with Crippen LogP contribution in [-0.4, -0.2) is 97.6 Å². The van der Waals surface area contributed by atoms with Crippen molar-refractivity contribution >= 4 is 10.2 Å².